The Kier molecular flexibility index (Phi) is 7.21. The molecule has 6 heteroatoms. The van der Waals surface area contributed by atoms with Crippen molar-refractivity contribution in [2.75, 3.05) is 32.7 Å². The highest BCUT2D eigenvalue weighted by atomic mass is 19.1. The summed E-state index contributed by atoms with van der Waals surface area (Å²) in [4.78, 5) is 28.7. The van der Waals surface area contributed by atoms with Gasteiger partial charge in [-0.1, -0.05) is 32.1 Å². The van der Waals surface area contributed by atoms with Gasteiger partial charge in [-0.2, -0.15) is 0 Å². The molecule has 1 heterocycles. The van der Waals surface area contributed by atoms with Crippen molar-refractivity contribution in [2.24, 2.45) is 0 Å². The highest BCUT2D eigenvalue weighted by Gasteiger charge is 2.24. The summed E-state index contributed by atoms with van der Waals surface area (Å²) in [6, 6.07) is 5.98. The van der Waals surface area contributed by atoms with Crippen molar-refractivity contribution in [2.45, 2.75) is 51.0 Å². The number of rotatable bonds is 4. The molecule has 0 spiro atoms. The Morgan fingerprint density at radius 2 is 1.52 bits per heavy atom. The van der Waals surface area contributed by atoms with Gasteiger partial charge < -0.3 is 10.2 Å². The number of nitrogens with one attached hydrogen (secondary N) is 1. The topological polar surface area (TPSA) is 52.7 Å². The van der Waals surface area contributed by atoms with Gasteiger partial charge in [-0.05, 0) is 37.1 Å². The van der Waals surface area contributed by atoms with Crippen LogP contribution in [-0.2, 0) is 4.79 Å². The first kappa shape index (κ1) is 19.8. The highest BCUT2D eigenvalue weighted by Crippen LogP contribution is 2.17. The van der Waals surface area contributed by atoms with Gasteiger partial charge in [0.25, 0.3) is 5.91 Å². The molecule has 1 N–H and O–H groups in total. The second-order valence-corrected chi connectivity index (χ2v) is 7.68. The van der Waals surface area contributed by atoms with E-state index in [-0.39, 0.29) is 17.6 Å². The molecule has 1 saturated carbocycles. The quantitative estimate of drug-likeness (QED) is 0.880. The van der Waals surface area contributed by atoms with Gasteiger partial charge in [0.05, 0.1) is 6.54 Å². The first-order chi connectivity index (χ1) is 13.1. The first-order valence-corrected chi connectivity index (χ1v) is 10.2. The normalized spacial score (nSPS) is 20.0. The fraction of sp³-hybridized carbons (Fsp3) is 0.619. The maximum Gasteiger partial charge on any atom is 0.253 e. The molecule has 0 atom stereocenters. The monoisotopic (exact) mass is 375 g/mol. The third-order valence-corrected chi connectivity index (χ3v) is 5.59. The van der Waals surface area contributed by atoms with Crippen molar-refractivity contribution in [3.63, 3.8) is 0 Å². The van der Waals surface area contributed by atoms with Crippen molar-refractivity contribution in [3.05, 3.63) is 35.6 Å². The fourth-order valence-electron chi connectivity index (χ4n) is 3.96. The van der Waals surface area contributed by atoms with Crippen LogP contribution in [0.2, 0.25) is 0 Å². The van der Waals surface area contributed by atoms with Crippen LogP contribution in [0.1, 0.15) is 55.3 Å². The number of hydrogen-bond donors (Lipinski definition) is 1. The summed E-state index contributed by atoms with van der Waals surface area (Å²) in [5, 5.41) is 3.20. The lowest BCUT2D eigenvalue weighted by Gasteiger charge is -2.34. The van der Waals surface area contributed by atoms with Gasteiger partial charge in [0, 0.05) is 37.8 Å². The maximum absolute atomic E-state index is 13.0. The lowest BCUT2D eigenvalue weighted by Crippen LogP contribution is -2.52. The van der Waals surface area contributed by atoms with E-state index in [4.69, 9.17) is 0 Å². The van der Waals surface area contributed by atoms with Crippen LogP contribution < -0.4 is 5.32 Å². The third kappa shape index (κ3) is 6.03. The lowest BCUT2D eigenvalue weighted by molar-refractivity contribution is -0.123. The Hall–Kier alpha value is -1.95. The predicted octanol–water partition coefficient (Wildman–Crippen LogP) is 2.81. The number of carbonyl (C=O) groups excluding carboxylic acids is 2. The van der Waals surface area contributed by atoms with E-state index in [1.54, 1.807) is 4.90 Å². The lowest BCUT2D eigenvalue weighted by atomic mass is 9.97. The molecule has 148 valence electrons. The molecule has 2 aliphatic rings. The maximum atomic E-state index is 13.0. The Balaban J connectivity index is 1.41. The summed E-state index contributed by atoms with van der Waals surface area (Å²) in [5.41, 5.74) is 0.506. The standard InChI is InChI=1S/C21H30FN3O2/c22-18-10-8-17(9-11-18)21(27)25-14-12-24(13-15-25)16-20(26)23-19-6-4-2-1-3-5-7-19/h8-11,19H,1-7,12-16H2,(H,23,26). The summed E-state index contributed by atoms with van der Waals surface area (Å²) < 4.78 is 13.0. The first-order valence-electron chi connectivity index (χ1n) is 10.2. The number of nitrogens with zero attached hydrogens (tertiary/aromatic N) is 2. The third-order valence-electron chi connectivity index (χ3n) is 5.59. The molecule has 1 aliphatic carbocycles. The molecule has 1 saturated heterocycles. The summed E-state index contributed by atoms with van der Waals surface area (Å²) >= 11 is 0. The van der Waals surface area contributed by atoms with Gasteiger partial charge in [0.2, 0.25) is 5.91 Å². The van der Waals surface area contributed by atoms with Crippen LogP contribution in [0.25, 0.3) is 0 Å². The number of piperazine rings is 1. The van der Waals surface area contributed by atoms with Gasteiger partial charge >= 0.3 is 0 Å². The summed E-state index contributed by atoms with van der Waals surface area (Å²) in [6.45, 7) is 2.95. The van der Waals surface area contributed by atoms with E-state index in [1.807, 2.05) is 0 Å². The fourth-order valence-corrected chi connectivity index (χ4v) is 3.96. The predicted molar refractivity (Wildman–Crippen MR) is 103 cm³/mol. The van der Waals surface area contributed by atoms with Crippen LogP contribution >= 0.6 is 0 Å². The number of carbonyl (C=O) groups is 2. The molecule has 0 unspecified atom stereocenters. The van der Waals surface area contributed by atoms with Crippen LogP contribution in [0.4, 0.5) is 4.39 Å². The molecule has 3 rings (SSSR count). The van der Waals surface area contributed by atoms with E-state index in [0.717, 1.165) is 12.8 Å². The number of halogens is 1. The van der Waals surface area contributed by atoms with Crippen molar-refractivity contribution in [1.82, 2.24) is 15.1 Å². The van der Waals surface area contributed by atoms with Crippen LogP contribution in [-0.4, -0.2) is 60.4 Å². The summed E-state index contributed by atoms with van der Waals surface area (Å²) in [5.74, 6) is -0.320. The van der Waals surface area contributed by atoms with E-state index in [9.17, 15) is 14.0 Å². The molecule has 1 aliphatic heterocycles. The molecular weight excluding hydrogens is 345 g/mol. The zero-order chi connectivity index (χ0) is 19.1. The summed E-state index contributed by atoms with van der Waals surface area (Å²) in [6.07, 6.45) is 8.45. The zero-order valence-electron chi connectivity index (χ0n) is 16.0. The van der Waals surface area contributed by atoms with E-state index in [0.29, 0.717) is 44.3 Å². The van der Waals surface area contributed by atoms with E-state index in [2.05, 4.69) is 10.2 Å². The van der Waals surface area contributed by atoms with Gasteiger partial charge in [0.1, 0.15) is 5.82 Å². The van der Waals surface area contributed by atoms with Crippen LogP contribution in [0.15, 0.2) is 24.3 Å². The molecule has 0 bridgehead atoms. The minimum Gasteiger partial charge on any atom is -0.352 e. The van der Waals surface area contributed by atoms with Crippen LogP contribution in [0.3, 0.4) is 0 Å². The van der Waals surface area contributed by atoms with Crippen molar-refractivity contribution >= 4 is 11.8 Å². The zero-order valence-corrected chi connectivity index (χ0v) is 16.0. The highest BCUT2D eigenvalue weighted by molar-refractivity contribution is 5.94. The number of hydrogen-bond acceptors (Lipinski definition) is 3. The molecule has 0 aromatic heterocycles. The summed E-state index contributed by atoms with van der Waals surface area (Å²) in [7, 11) is 0. The molecule has 2 fully saturated rings. The van der Waals surface area contributed by atoms with Crippen LogP contribution in [0, 0.1) is 5.82 Å². The molecule has 0 radical (unpaired) electrons. The molecule has 1 aromatic rings. The SMILES string of the molecule is O=C(CN1CCN(C(=O)c2ccc(F)cc2)CC1)NC1CCCCCCC1. The Morgan fingerprint density at radius 3 is 2.15 bits per heavy atom. The Labute approximate surface area is 160 Å². The van der Waals surface area contributed by atoms with Crippen molar-refractivity contribution in [1.29, 1.82) is 0 Å². The van der Waals surface area contributed by atoms with Gasteiger partial charge in [0.15, 0.2) is 0 Å². The molecule has 1 aromatic carbocycles. The number of benzene rings is 1. The minimum atomic E-state index is -0.341. The van der Waals surface area contributed by atoms with E-state index in [1.165, 1.54) is 56.4 Å². The average Bonchev–Trinajstić information content (AvgIpc) is 2.64. The van der Waals surface area contributed by atoms with Crippen molar-refractivity contribution < 1.29 is 14.0 Å². The molecule has 27 heavy (non-hydrogen) atoms. The second kappa shape index (κ2) is 9.83. The Morgan fingerprint density at radius 1 is 0.926 bits per heavy atom. The van der Waals surface area contributed by atoms with Gasteiger partial charge in [-0.3, -0.25) is 14.5 Å². The smallest absolute Gasteiger partial charge is 0.253 e. The van der Waals surface area contributed by atoms with Crippen LogP contribution in [0.5, 0.6) is 0 Å². The van der Waals surface area contributed by atoms with Gasteiger partial charge in [-0.25, -0.2) is 4.39 Å². The number of amides is 2. The van der Waals surface area contributed by atoms with Crippen molar-refractivity contribution in [3.8, 4) is 0 Å². The Bertz CT molecular complexity index is 619. The van der Waals surface area contributed by atoms with Gasteiger partial charge in [-0.15, -0.1) is 0 Å². The van der Waals surface area contributed by atoms with E-state index >= 15 is 0 Å². The molecular formula is C21H30FN3O2. The molecule has 5 nitrogen and oxygen atoms in total. The van der Waals surface area contributed by atoms with E-state index < -0.39 is 0 Å². The second-order valence-electron chi connectivity index (χ2n) is 7.68. The average molecular weight is 375 g/mol. The molecule has 2 amide bonds. The minimum absolute atomic E-state index is 0.0753. The largest absolute Gasteiger partial charge is 0.352 e.